The fourth-order valence-electron chi connectivity index (χ4n) is 3.89. The van der Waals surface area contributed by atoms with Crippen LogP contribution in [-0.4, -0.2) is 34.2 Å². The summed E-state index contributed by atoms with van der Waals surface area (Å²) in [5.74, 6) is 2.46. The van der Waals surface area contributed by atoms with E-state index < -0.39 is 34.2 Å². The molecule has 0 bridgehead atoms. The molecule has 2 aliphatic carbocycles. The number of allylic oxidation sites excluding steroid dienone is 6. The number of halogens is 2. The molecule has 0 N–H and O–H groups in total. The Morgan fingerprint density at radius 1 is 0.667 bits per heavy atom. The fourth-order valence-corrected chi connectivity index (χ4v) is 8.91. The molecule has 0 saturated heterocycles. The molecule has 0 heterocycles. The Morgan fingerprint density at radius 2 is 0.939 bits per heavy atom. The Kier molecular flexibility index (Phi) is 19.3. The Hall–Kier alpha value is 0.891. The van der Waals surface area contributed by atoms with Crippen molar-refractivity contribution in [2.75, 3.05) is 0 Å². The van der Waals surface area contributed by atoms with Gasteiger partial charge in [-0.05, 0) is 50.8 Å². The van der Waals surface area contributed by atoms with Crippen molar-refractivity contribution in [1.29, 1.82) is 0 Å². The minimum absolute atomic E-state index is 0. The summed E-state index contributed by atoms with van der Waals surface area (Å²) >= 11 is 0. The minimum atomic E-state index is -1.44. The van der Waals surface area contributed by atoms with Crippen molar-refractivity contribution < 1.29 is 59.9 Å². The van der Waals surface area contributed by atoms with Gasteiger partial charge in [0.1, 0.15) is 0 Å². The van der Waals surface area contributed by atoms with Crippen molar-refractivity contribution in [3.63, 3.8) is 0 Å². The summed E-state index contributed by atoms with van der Waals surface area (Å²) in [4.78, 5) is 0. The molecule has 0 unspecified atom stereocenters. The number of hydrogen-bond acceptors (Lipinski definition) is 2. The molecule has 0 aromatic carbocycles. The zero-order valence-electron chi connectivity index (χ0n) is 23.1. The summed E-state index contributed by atoms with van der Waals surface area (Å²) < 4.78 is 12.3. The van der Waals surface area contributed by atoms with Gasteiger partial charge in [-0.1, -0.05) is 65.7 Å². The maximum absolute atomic E-state index is 6.14. The van der Waals surface area contributed by atoms with Crippen LogP contribution in [0, 0.1) is 12.2 Å². The molecule has 0 saturated carbocycles. The second kappa shape index (κ2) is 16.6. The van der Waals surface area contributed by atoms with Gasteiger partial charge in [0.25, 0.3) is 0 Å². The zero-order chi connectivity index (χ0) is 23.3. The Morgan fingerprint density at radius 3 is 1.12 bits per heavy atom. The third kappa shape index (κ3) is 13.1. The molecule has 0 aliphatic heterocycles. The molecular weight excluding hydrogens is 595 g/mol. The van der Waals surface area contributed by atoms with Crippen LogP contribution in [0.25, 0.3) is 0 Å². The standard InChI is InChI=1S/2C12H23OSi2.2ClH.Zr/c2*1-7-10-11(13-15(4,5)6)8-9-12(10)14(2)3;;;/h2*14H,7-8H2,1-6H3;2*1H;/q2*-1;;;+4/p-2. The predicted octanol–water partition coefficient (Wildman–Crippen LogP) is 1.33. The number of hydrogen-bond donors (Lipinski definition) is 0. The summed E-state index contributed by atoms with van der Waals surface area (Å²) in [6.45, 7) is 27.4. The van der Waals surface area contributed by atoms with E-state index in [0.717, 1.165) is 25.7 Å². The topological polar surface area (TPSA) is 18.5 Å². The molecule has 0 fully saturated rings. The van der Waals surface area contributed by atoms with Crippen molar-refractivity contribution >= 4 is 34.2 Å². The van der Waals surface area contributed by atoms with E-state index >= 15 is 0 Å². The first-order valence-corrected chi connectivity index (χ1v) is 24.3. The Bertz CT molecular complexity index is 670. The fraction of sp³-hybridized carbons (Fsp3) is 0.667. The average molecular weight is 641 g/mol. The predicted molar refractivity (Wildman–Crippen MR) is 144 cm³/mol. The first kappa shape index (κ1) is 38.4. The van der Waals surface area contributed by atoms with Crippen molar-refractivity contribution in [3.05, 3.63) is 45.2 Å². The normalized spacial score (nSPS) is 15.8. The van der Waals surface area contributed by atoms with Gasteiger partial charge in [-0.3, -0.25) is 12.2 Å². The third-order valence-electron chi connectivity index (χ3n) is 4.92. The van der Waals surface area contributed by atoms with Gasteiger partial charge >= 0.3 is 26.2 Å². The van der Waals surface area contributed by atoms with Crippen LogP contribution in [0.5, 0.6) is 0 Å². The van der Waals surface area contributed by atoms with Gasteiger partial charge in [0, 0.05) is 17.6 Å². The maximum Gasteiger partial charge on any atom is 4.00 e. The van der Waals surface area contributed by atoms with Gasteiger partial charge in [0.2, 0.25) is 16.6 Å². The molecule has 2 nitrogen and oxygen atoms in total. The molecule has 0 radical (unpaired) electrons. The SMILES string of the molecule is CCC1=C(O[Si](C)(C)C)C[C-]=C1[SiH](C)C.CCC1=C(O[Si](C)(C)C)C[C-]=C1[SiH](C)C.[Cl-].[Cl-].[Zr+4]. The summed E-state index contributed by atoms with van der Waals surface area (Å²) in [6, 6.07) is 0. The summed E-state index contributed by atoms with van der Waals surface area (Å²) in [6.07, 6.45) is 11.1. The molecule has 0 atom stereocenters. The van der Waals surface area contributed by atoms with E-state index in [1.54, 1.807) is 0 Å². The molecule has 33 heavy (non-hydrogen) atoms. The largest absolute Gasteiger partial charge is 4.00 e. The molecule has 2 rings (SSSR count). The molecule has 0 amide bonds. The summed E-state index contributed by atoms with van der Waals surface area (Å²) in [7, 11) is -4.32. The van der Waals surface area contributed by atoms with E-state index in [-0.39, 0.29) is 51.0 Å². The van der Waals surface area contributed by atoms with Gasteiger partial charge in [0.05, 0.1) is 0 Å². The summed E-state index contributed by atoms with van der Waals surface area (Å²) in [5, 5.41) is 3.04. The maximum atomic E-state index is 6.14. The first-order chi connectivity index (χ1) is 13.7. The van der Waals surface area contributed by atoms with Crippen LogP contribution in [0.3, 0.4) is 0 Å². The zero-order valence-corrected chi connectivity index (χ0v) is 31.3. The van der Waals surface area contributed by atoms with Gasteiger partial charge in [-0.25, -0.2) is 10.4 Å². The molecule has 0 aromatic rings. The van der Waals surface area contributed by atoms with E-state index in [1.165, 1.54) is 33.1 Å². The van der Waals surface area contributed by atoms with Gasteiger partial charge in [-0.2, -0.15) is 11.1 Å². The second-order valence-corrected chi connectivity index (χ2v) is 25.4. The molecule has 2 aliphatic rings. The van der Waals surface area contributed by atoms with Crippen LogP contribution in [0.1, 0.15) is 39.5 Å². The van der Waals surface area contributed by atoms with Crippen molar-refractivity contribution in [1.82, 2.24) is 0 Å². The van der Waals surface area contributed by atoms with E-state index in [1.807, 2.05) is 0 Å². The van der Waals surface area contributed by atoms with Crippen LogP contribution >= 0.6 is 0 Å². The monoisotopic (exact) mass is 638 g/mol. The molecule has 0 spiro atoms. The van der Waals surface area contributed by atoms with E-state index in [2.05, 4.69) is 91.5 Å². The molecule has 188 valence electrons. The molecule has 0 aromatic heterocycles. The van der Waals surface area contributed by atoms with Crippen LogP contribution in [0.15, 0.2) is 33.1 Å². The first-order valence-electron chi connectivity index (χ1n) is 11.7. The van der Waals surface area contributed by atoms with E-state index in [4.69, 9.17) is 8.85 Å². The Labute approximate surface area is 242 Å². The quantitative estimate of drug-likeness (QED) is 0.295. The van der Waals surface area contributed by atoms with E-state index in [0.29, 0.717) is 0 Å². The van der Waals surface area contributed by atoms with Crippen LogP contribution in [0.4, 0.5) is 0 Å². The van der Waals surface area contributed by atoms with Crippen LogP contribution in [0.2, 0.25) is 65.5 Å². The molecule has 9 heteroatoms. The van der Waals surface area contributed by atoms with Gasteiger partial charge in [0.15, 0.2) is 0 Å². The minimum Gasteiger partial charge on any atom is -1.00 e. The second-order valence-electron chi connectivity index (χ2n) is 10.8. The van der Waals surface area contributed by atoms with E-state index in [9.17, 15) is 0 Å². The van der Waals surface area contributed by atoms with Crippen molar-refractivity contribution in [2.24, 2.45) is 0 Å². The number of rotatable bonds is 8. The average Bonchev–Trinajstić information content (AvgIpc) is 3.15. The van der Waals surface area contributed by atoms with Gasteiger partial charge in [-0.15, -0.1) is 0 Å². The molecular formula is C24H46Cl2O2Si4Zr. The smallest absolute Gasteiger partial charge is 1.00 e. The van der Waals surface area contributed by atoms with Gasteiger partial charge < -0.3 is 33.7 Å². The van der Waals surface area contributed by atoms with Crippen molar-refractivity contribution in [3.8, 4) is 0 Å². The summed E-state index contributed by atoms with van der Waals surface area (Å²) in [5.41, 5.74) is 2.94. The van der Waals surface area contributed by atoms with Crippen LogP contribution in [-0.2, 0) is 35.1 Å². The third-order valence-corrected chi connectivity index (χ3v) is 10.1. The Balaban J connectivity index is -0.000000500. The van der Waals surface area contributed by atoms with Crippen molar-refractivity contribution in [2.45, 2.75) is 105 Å². The van der Waals surface area contributed by atoms with Crippen LogP contribution < -0.4 is 24.8 Å².